The van der Waals surface area contributed by atoms with Gasteiger partial charge in [0.05, 0.1) is 44.2 Å². The number of carbonyl (C=O) groups excluding carboxylic acids is 4. The number of ether oxygens (including phenoxy) is 3. The lowest BCUT2D eigenvalue weighted by molar-refractivity contribution is -0.161. The second-order valence-electron chi connectivity index (χ2n) is 13.3. The summed E-state index contributed by atoms with van der Waals surface area (Å²) in [7, 11) is 1.56. The molecule has 0 saturated carbocycles. The minimum Gasteiger partial charge on any atom is -0.497 e. The second kappa shape index (κ2) is 16.0. The Balaban J connectivity index is 1.51. The van der Waals surface area contributed by atoms with Crippen molar-refractivity contribution in [3.05, 3.63) is 85.5 Å². The molecule has 3 amide bonds. The van der Waals surface area contributed by atoms with Crippen LogP contribution in [0.2, 0.25) is 0 Å². The van der Waals surface area contributed by atoms with E-state index >= 15 is 0 Å². The number of methoxy groups -OCH3 is 1. The normalized spacial score (nSPS) is 25.3. The largest absolute Gasteiger partial charge is 0.497 e. The number of nitrogens with one attached hydrogen (secondary N) is 1. The zero-order valence-corrected chi connectivity index (χ0v) is 29.2. The number of likely N-dealkylation sites (tertiary alicyclic amines) is 1. The minimum absolute atomic E-state index is 0.0416. The van der Waals surface area contributed by atoms with Gasteiger partial charge in [-0.1, -0.05) is 62.8 Å². The molecule has 3 fully saturated rings. The first-order valence-electron chi connectivity index (χ1n) is 17.5. The molecule has 3 aliphatic rings. The SMILES string of the molecule is C=CCCC(=O)NC[C@@H](OC(=O)[C@@H]1[C@H]2C(=O)N([C@@H](CO)[C@@H](C)CC)[C@H](C(=O)N(CC=C)c3ccc(OC)cc3)[C@]23CC[C@H]1O3)c1ccccc1. The third-order valence-corrected chi connectivity index (χ3v) is 10.5. The number of aliphatic hydroxyl groups excluding tert-OH is 1. The number of anilines is 1. The summed E-state index contributed by atoms with van der Waals surface area (Å²) < 4.78 is 18.1. The molecule has 3 aliphatic heterocycles. The van der Waals surface area contributed by atoms with Crippen LogP contribution in [-0.2, 0) is 28.7 Å². The molecule has 8 atom stereocenters. The number of amides is 3. The molecule has 0 aliphatic carbocycles. The van der Waals surface area contributed by atoms with Crippen molar-refractivity contribution in [2.45, 2.75) is 75.8 Å². The van der Waals surface area contributed by atoms with E-state index in [1.807, 2.05) is 44.2 Å². The highest BCUT2D eigenvalue weighted by Crippen LogP contribution is 2.59. The predicted molar refractivity (Wildman–Crippen MR) is 188 cm³/mol. The van der Waals surface area contributed by atoms with Gasteiger partial charge in [0.15, 0.2) is 0 Å². The van der Waals surface area contributed by atoms with Crippen molar-refractivity contribution in [2.24, 2.45) is 17.8 Å². The van der Waals surface area contributed by atoms with Gasteiger partial charge in [-0.3, -0.25) is 19.2 Å². The highest BCUT2D eigenvalue weighted by molar-refractivity contribution is 6.05. The number of hydrogen-bond acceptors (Lipinski definition) is 8. The molecule has 2 N–H and O–H groups in total. The number of fused-ring (bicyclic) bond motifs is 1. The Hall–Kier alpha value is -4.48. The van der Waals surface area contributed by atoms with E-state index in [9.17, 15) is 24.3 Å². The summed E-state index contributed by atoms with van der Waals surface area (Å²) in [4.78, 5) is 59.5. The van der Waals surface area contributed by atoms with Crippen LogP contribution >= 0.6 is 0 Å². The van der Waals surface area contributed by atoms with E-state index in [1.165, 1.54) is 4.90 Å². The summed E-state index contributed by atoms with van der Waals surface area (Å²) in [5.74, 6) is -3.13. The van der Waals surface area contributed by atoms with Gasteiger partial charge in [-0.15, -0.1) is 13.2 Å². The highest BCUT2D eigenvalue weighted by Gasteiger charge is 2.76. The Bertz CT molecular complexity index is 1550. The first-order valence-corrected chi connectivity index (χ1v) is 17.5. The Morgan fingerprint density at radius 2 is 1.86 bits per heavy atom. The van der Waals surface area contributed by atoms with Gasteiger partial charge < -0.3 is 34.4 Å². The first kappa shape index (κ1) is 36.8. The fourth-order valence-corrected chi connectivity index (χ4v) is 7.81. The topological polar surface area (TPSA) is 135 Å². The van der Waals surface area contributed by atoms with E-state index < -0.39 is 53.6 Å². The fraction of sp³-hybridized carbons (Fsp3) is 0.487. The molecule has 2 bridgehead atoms. The molecule has 11 nitrogen and oxygen atoms in total. The van der Waals surface area contributed by atoms with E-state index in [4.69, 9.17) is 14.2 Å². The van der Waals surface area contributed by atoms with Crippen LogP contribution in [0.5, 0.6) is 5.75 Å². The van der Waals surface area contributed by atoms with Gasteiger partial charge in [-0.25, -0.2) is 0 Å². The van der Waals surface area contributed by atoms with E-state index in [0.717, 1.165) is 0 Å². The summed E-state index contributed by atoms with van der Waals surface area (Å²) in [5, 5.41) is 13.6. The zero-order chi connectivity index (χ0) is 36.0. The van der Waals surface area contributed by atoms with E-state index in [0.29, 0.717) is 42.7 Å². The smallest absolute Gasteiger partial charge is 0.313 e. The molecule has 1 spiro atoms. The van der Waals surface area contributed by atoms with Crippen LogP contribution in [0.15, 0.2) is 79.9 Å². The number of esters is 1. The maximum Gasteiger partial charge on any atom is 0.313 e. The van der Waals surface area contributed by atoms with Crippen molar-refractivity contribution in [1.29, 1.82) is 0 Å². The van der Waals surface area contributed by atoms with Gasteiger partial charge in [0, 0.05) is 18.7 Å². The van der Waals surface area contributed by atoms with Crippen LogP contribution in [0.3, 0.4) is 0 Å². The number of nitrogens with zero attached hydrogens (tertiary/aromatic N) is 2. The van der Waals surface area contributed by atoms with Crippen LogP contribution in [0, 0.1) is 17.8 Å². The number of aliphatic hydroxyl groups is 1. The van der Waals surface area contributed by atoms with E-state index in [2.05, 4.69) is 18.5 Å². The molecule has 0 aromatic heterocycles. The molecular weight excluding hydrogens is 638 g/mol. The number of carbonyl (C=O) groups is 4. The molecule has 2 aromatic rings. The van der Waals surface area contributed by atoms with Crippen molar-refractivity contribution >= 4 is 29.4 Å². The first-order chi connectivity index (χ1) is 24.1. The molecule has 5 rings (SSSR count). The summed E-state index contributed by atoms with van der Waals surface area (Å²) in [5.41, 5.74) is -0.0414. The molecule has 3 heterocycles. The summed E-state index contributed by atoms with van der Waals surface area (Å²) in [6.07, 6.45) is 4.07. The van der Waals surface area contributed by atoms with Crippen LogP contribution in [0.1, 0.15) is 57.6 Å². The monoisotopic (exact) mass is 687 g/mol. The van der Waals surface area contributed by atoms with Crippen LogP contribution in [0.4, 0.5) is 5.69 Å². The summed E-state index contributed by atoms with van der Waals surface area (Å²) >= 11 is 0. The maximum atomic E-state index is 14.9. The molecule has 3 saturated heterocycles. The van der Waals surface area contributed by atoms with Crippen LogP contribution < -0.4 is 15.0 Å². The van der Waals surface area contributed by atoms with Gasteiger partial charge in [-0.2, -0.15) is 0 Å². The molecular formula is C39H49N3O8. The van der Waals surface area contributed by atoms with E-state index in [-0.39, 0.29) is 43.8 Å². The van der Waals surface area contributed by atoms with E-state index in [1.54, 1.807) is 48.4 Å². The predicted octanol–water partition coefficient (Wildman–Crippen LogP) is 4.36. The lowest BCUT2D eigenvalue weighted by atomic mass is 9.70. The van der Waals surface area contributed by atoms with Crippen molar-refractivity contribution in [3.8, 4) is 5.75 Å². The molecule has 11 heteroatoms. The van der Waals surface area contributed by atoms with Crippen LogP contribution in [-0.4, -0.2) is 84.3 Å². The minimum atomic E-state index is -1.31. The number of allylic oxidation sites excluding steroid dienone is 1. The Labute approximate surface area is 294 Å². The van der Waals surface area contributed by atoms with Gasteiger partial charge in [0.1, 0.15) is 23.5 Å². The Morgan fingerprint density at radius 3 is 2.48 bits per heavy atom. The molecule has 0 radical (unpaired) electrons. The summed E-state index contributed by atoms with van der Waals surface area (Å²) in [6.45, 7) is 11.3. The van der Waals surface area contributed by atoms with Crippen molar-refractivity contribution in [3.63, 3.8) is 0 Å². The summed E-state index contributed by atoms with van der Waals surface area (Å²) in [6, 6.07) is 14.4. The number of rotatable bonds is 17. The van der Waals surface area contributed by atoms with Crippen molar-refractivity contribution in [1.82, 2.24) is 10.2 Å². The molecule has 2 aromatic carbocycles. The number of benzene rings is 2. The van der Waals surface area contributed by atoms with Crippen molar-refractivity contribution < 1.29 is 38.5 Å². The third kappa shape index (κ3) is 6.93. The lowest BCUT2D eigenvalue weighted by Crippen LogP contribution is -2.60. The molecule has 268 valence electrons. The molecule has 50 heavy (non-hydrogen) atoms. The average molecular weight is 688 g/mol. The zero-order valence-electron chi connectivity index (χ0n) is 29.2. The van der Waals surface area contributed by atoms with Gasteiger partial charge in [0.25, 0.3) is 5.91 Å². The number of hydrogen-bond donors (Lipinski definition) is 2. The standard InChI is InChI=1S/C39H49N3O8/c1-6-9-15-32(44)40-23-31(26-13-11-10-12-14-26)49-38(47)33-30-20-21-39(50-30)34(33)36(45)42(29(24-43)25(4)8-3)35(39)37(46)41(22-7-2)27-16-18-28(48-5)19-17-27/h6-7,10-14,16-19,25,29-31,33-35,43H,1-2,8-9,15,20-24H2,3-5H3,(H,40,44)/t25-,29-,30+,31+,33-,34-,35+,39-/m0/s1. The lowest BCUT2D eigenvalue weighted by Gasteiger charge is -2.40. The quantitative estimate of drug-likeness (QED) is 0.185. The fourth-order valence-electron chi connectivity index (χ4n) is 7.81. The Kier molecular flexibility index (Phi) is 11.8. The van der Waals surface area contributed by atoms with Gasteiger partial charge >= 0.3 is 5.97 Å². The second-order valence-corrected chi connectivity index (χ2v) is 13.3. The van der Waals surface area contributed by atoms with Gasteiger partial charge in [0.2, 0.25) is 11.8 Å². The highest BCUT2D eigenvalue weighted by atomic mass is 16.6. The van der Waals surface area contributed by atoms with Crippen molar-refractivity contribution in [2.75, 3.05) is 31.7 Å². The third-order valence-electron chi connectivity index (χ3n) is 10.5. The maximum absolute atomic E-state index is 14.9. The average Bonchev–Trinajstić information content (AvgIpc) is 3.79. The van der Waals surface area contributed by atoms with Gasteiger partial charge in [-0.05, 0) is 55.0 Å². The molecule has 0 unspecified atom stereocenters. The van der Waals surface area contributed by atoms with Crippen LogP contribution in [0.25, 0.3) is 0 Å². The Morgan fingerprint density at radius 1 is 1.14 bits per heavy atom.